The average Bonchev–Trinajstić information content (AvgIpc) is 3.45. The van der Waals surface area contributed by atoms with Gasteiger partial charge in [0, 0.05) is 38.3 Å². The summed E-state index contributed by atoms with van der Waals surface area (Å²) >= 11 is 0. The Hall–Kier alpha value is -3.55. The molecule has 0 aliphatic carbocycles. The second-order valence-electron chi connectivity index (χ2n) is 11.1. The monoisotopic (exact) mass is 521 g/mol. The molecule has 2 heterocycles. The SMILES string of the molecule is CC(C)(C)OC(=O)NCc1cccc(C2CCN(C(=O)c3ccc(OCC(=O)N4CCCC4)cc3)CC2)c1. The van der Waals surface area contributed by atoms with Crippen molar-refractivity contribution in [2.75, 3.05) is 32.8 Å². The minimum Gasteiger partial charge on any atom is -0.484 e. The van der Waals surface area contributed by atoms with Crippen LogP contribution in [0.25, 0.3) is 0 Å². The first-order chi connectivity index (χ1) is 18.2. The molecule has 0 saturated carbocycles. The van der Waals surface area contributed by atoms with Crippen LogP contribution in [0.1, 0.15) is 73.9 Å². The van der Waals surface area contributed by atoms with Gasteiger partial charge in [-0.15, -0.1) is 0 Å². The maximum Gasteiger partial charge on any atom is 0.407 e. The molecule has 8 nitrogen and oxygen atoms in total. The normalized spacial score (nSPS) is 16.3. The smallest absolute Gasteiger partial charge is 0.407 e. The lowest BCUT2D eigenvalue weighted by Crippen LogP contribution is -2.38. The molecule has 2 aliphatic rings. The third kappa shape index (κ3) is 7.73. The van der Waals surface area contributed by atoms with Crippen molar-refractivity contribution < 1.29 is 23.9 Å². The fourth-order valence-electron chi connectivity index (χ4n) is 4.94. The first-order valence-corrected chi connectivity index (χ1v) is 13.5. The average molecular weight is 522 g/mol. The molecule has 3 amide bonds. The van der Waals surface area contributed by atoms with Crippen molar-refractivity contribution >= 4 is 17.9 Å². The van der Waals surface area contributed by atoms with Crippen LogP contribution < -0.4 is 10.1 Å². The van der Waals surface area contributed by atoms with Gasteiger partial charge in [-0.3, -0.25) is 9.59 Å². The predicted molar refractivity (Wildman–Crippen MR) is 145 cm³/mol. The molecule has 0 spiro atoms. The Morgan fingerprint density at radius 2 is 1.61 bits per heavy atom. The number of rotatable bonds is 7. The van der Waals surface area contributed by atoms with Gasteiger partial charge < -0.3 is 24.6 Å². The molecule has 8 heteroatoms. The number of alkyl carbamates (subject to hydrolysis) is 1. The van der Waals surface area contributed by atoms with Crippen LogP contribution in [0.15, 0.2) is 48.5 Å². The van der Waals surface area contributed by atoms with Gasteiger partial charge in [0.1, 0.15) is 11.4 Å². The van der Waals surface area contributed by atoms with Gasteiger partial charge in [0.2, 0.25) is 0 Å². The van der Waals surface area contributed by atoms with E-state index in [9.17, 15) is 14.4 Å². The zero-order valence-electron chi connectivity index (χ0n) is 22.7. The molecule has 2 aromatic carbocycles. The molecule has 2 aromatic rings. The largest absolute Gasteiger partial charge is 0.484 e. The number of hydrogen-bond acceptors (Lipinski definition) is 5. The molecule has 1 N–H and O–H groups in total. The Balaban J connectivity index is 1.24. The molecule has 0 unspecified atom stereocenters. The molecule has 0 aromatic heterocycles. The van der Waals surface area contributed by atoms with E-state index in [0.29, 0.717) is 36.9 Å². The van der Waals surface area contributed by atoms with Gasteiger partial charge in [-0.25, -0.2) is 4.79 Å². The number of hydrogen-bond donors (Lipinski definition) is 1. The Bertz CT molecular complexity index is 1110. The highest BCUT2D eigenvalue weighted by atomic mass is 16.6. The Morgan fingerprint density at radius 3 is 2.26 bits per heavy atom. The van der Waals surface area contributed by atoms with Gasteiger partial charge in [0.05, 0.1) is 0 Å². The number of nitrogens with zero attached hydrogens (tertiary/aromatic N) is 2. The second kappa shape index (κ2) is 12.3. The first-order valence-electron chi connectivity index (χ1n) is 13.5. The lowest BCUT2D eigenvalue weighted by Gasteiger charge is -2.32. The Kier molecular flexibility index (Phi) is 8.92. The van der Waals surface area contributed by atoms with Gasteiger partial charge >= 0.3 is 6.09 Å². The van der Waals surface area contributed by atoms with Gasteiger partial charge in [-0.1, -0.05) is 24.3 Å². The van der Waals surface area contributed by atoms with Crippen LogP contribution in [0.4, 0.5) is 4.79 Å². The van der Waals surface area contributed by atoms with E-state index in [1.54, 1.807) is 24.3 Å². The van der Waals surface area contributed by atoms with Crippen LogP contribution in [0.3, 0.4) is 0 Å². The summed E-state index contributed by atoms with van der Waals surface area (Å²) in [5.41, 5.74) is 2.35. The van der Waals surface area contributed by atoms with E-state index in [2.05, 4.69) is 17.4 Å². The summed E-state index contributed by atoms with van der Waals surface area (Å²) in [7, 11) is 0. The summed E-state index contributed by atoms with van der Waals surface area (Å²) in [6, 6.07) is 15.3. The van der Waals surface area contributed by atoms with Gasteiger partial charge in [-0.2, -0.15) is 0 Å². The van der Waals surface area contributed by atoms with E-state index < -0.39 is 11.7 Å². The van der Waals surface area contributed by atoms with Crippen LogP contribution >= 0.6 is 0 Å². The predicted octanol–water partition coefficient (Wildman–Crippen LogP) is 4.73. The Morgan fingerprint density at radius 1 is 0.921 bits per heavy atom. The summed E-state index contributed by atoms with van der Waals surface area (Å²) in [5, 5.41) is 2.81. The molecule has 2 aliphatic heterocycles. The van der Waals surface area contributed by atoms with Gasteiger partial charge in [0.15, 0.2) is 6.61 Å². The molecular weight excluding hydrogens is 482 g/mol. The van der Waals surface area contributed by atoms with Crippen molar-refractivity contribution in [3.8, 4) is 5.75 Å². The molecule has 0 radical (unpaired) electrons. The van der Waals surface area contributed by atoms with Gasteiger partial charge in [0.25, 0.3) is 11.8 Å². The minimum absolute atomic E-state index is 0.00960. The lowest BCUT2D eigenvalue weighted by atomic mass is 9.88. The van der Waals surface area contributed by atoms with Gasteiger partial charge in [-0.05, 0) is 87.8 Å². The molecular formula is C30H39N3O5. The highest BCUT2D eigenvalue weighted by Crippen LogP contribution is 2.29. The number of nitrogens with one attached hydrogen (secondary N) is 1. The van der Waals surface area contributed by atoms with Crippen LogP contribution in [0, 0.1) is 0 Å². The topological polar surface area (TPSA) is 88.2 Å². The highest BCUT2D eigenvalue weighted by Gasteiger charge is 2.25. The lowest BCUT2D eigenvalue weighted by molar-refractivity contribution is -0.132. The van der Waals surface area contributed by atoms with Crippen LogP contribution in [0.5, 0.6) is 5.75 Å². The number of carbonyl (C=O) groups excluding carboxylic acids is 3. The quantitative estimate of drug-likeness (QED) is 0.569. The zero-order chi connectivity index (χ0) is 27.1. The van der Waals surface area contributed by atoms with E-state index in [1.165, 1.54) is 5.56 Å². The summed E-state index contributed by atoms with van der Waals surface area (Å²) in [6.45, 7) is 8.95. The standard InChI is InChI=1S/C30H39N3O5/c1-30(2,3)38-29(36)31-20-22-7-6-8-25(19-22)23-13-17-33(18-14-23)28(35)24-9-11-26(12-10-24)37-21-27(34)32-15-4-5-16-32/h6-12,19,23H,4-5,13-18,20-21H2,1-3H3,(H,31,36). The number of likely N-dealkylation sites (tertiary alicyclic amines) is 2. The molecule has 0 bridgehead atoms. The Labute approximate surface area is 225 Å². The number of amides is 3. The van der Waals surface area contributed by atoms with E-state index in [0.717, 1.165) is 44.3 Å². The van der Waals surface area contributed by atoms with Crippen LogP contribution in [-0.2, 0) is 16.1 Å². The first kappa shape index (κ1) is 27.5. The third-order valence-corrected chi connectivity index (χ3v) is 6.96. The fraction of sp³-hybridized carbons (Fsp3) is 0.500. The van der Waals surface area contributed by atoms with Crippen molar-refractivity contribution in [1.29, 1.82) is 0 Å². The third-order valence-electron chi connectivity index (χ3n) is 6.96. The summed E-state index contributed by atoms with van der Waals surface area (Å²) in [5.74, 6) is 0.979. The molecule has 38 heavy (non-hydrogen) atoms. The zero-order valence-corrected chi connectivity index (χ0v) is 22.7. The second-order valence-corrected chi connectivity index (χ2v) is 11.1. The minimum atomic E-state index is -0.527. The van der Waals surface area contributed by atoms with E-state index in [-0.39, 0.29) is 18.4 Å². The fourth-order valence-corrected chi connectivity index (χ4v) is 4.94. The molecule has 204 valence electrons. The molecule has 2 saturated heterocycles. The van der Waals surface area contributed by atoms with Crippen molar-refractivity contribution in [3.63, 3.8) is 0 Å². The van der Waals surface area contributed by atoms with Crippen molar-refractivity contribution in [3.05, 3.63) is 65.2 Å². The summed E-state index contributed by atoms with van der Waals surface area (Å²) < 4.78 is 11.0. The number of benzene rings is 2. The van der Waals surface area contributed by atoms with E-state index >= 15 is 0 Å². The number of carbonyl (C=O) groups is 3. The number of ether oxygens (including phenoxy) is 2. The summed E-state index contributed by atoms with van der Waals surface area (Å²) in [6.07, 6.45) is 3.45. The van der Waals surface area contributed by atoms with E-state index in [4.69, 9.17) is 9.47 Å². The maximum atomic E-state index is 13.1. The molecule has 4 rings (SSSR count). The van der Waals surface area contributed by atoms with Crippen LogP contribution in [-0.4, -0.2) is 66.1 Å². The number of piperidine rings is 1. The molecule has 0 atom stereocenters. The van der Waals surface area contributed by atoms with Crippen molar-refractivity contribution in [2.24, 2.45) is 0 Å². The highest BCUT2D eigenvalue weighted by molar-refractivity contribution is 5.94. The van der Waals surface area contributed by atoms with Crippen molar-refractivity contribution in [2.45, 2.75) is 64.5 Å². The maximum absolute atomic E-state index is 13.1. The van der Waals surface area contributed by atoms with Crippen molar-refractivity contribution in [1.82, 2.24) is 15.1 Å². The molecule has 2 fully saturated rings. The van der Waals surface area contributed by atoms with Crippen LogP contribution in [0.2, 0.25) is 0 Å². The summed E-state index contributed by atoms with van der Waals surface area (Å²) in [4.78, 5) is 40.9. The van der Waals surface area contributed by atoms with E-state index in [1.807, 2.05) is 42.7 Å².